The highest BCUT2D eigenvalue weighted by Gasteiger charge is 2.17. The van der Waals surface area contributed by atoms with Crippen LogP contribution in [0.2, 0.25) is 0 Å². The Morgan fingerprint density at radius 1 is 1.29 bits per heavy atom. The second-order valence-corrected chi connectivity index (χ2v) is 6.07. The van der Waals surface area contributed by atoms with Crippen molar-refractivity contribution < 1.29 is 4.79 Å². The van der Waals surface area contributed by atoms with Crippen molar-refractivity contribution in [3.63, 3.8) is 0 Å². The van der Waals surface area contributed by atoms with E-state index in [1.54, 1.807) is 17.0 Å². The Morgan fingerprint density at radius 3 is 2.62 bits per heavy atom. The van der Waals surface area contributed by atoms with Gasteiger partial charge in [0.25, 0.3) is 0 Å². The zero-order valence-electron chi connectivity index (χ0n) is 12.9. The molecule has 0 radical (unpaired) electrons. The number of amides is 1. The Balaban J connectivity index is 2.12. The van der Waals surface area contributed by atoms with E-state index in [4.69, 9.17) is 0 Å². The summed E-state index contributed by atoms with van der Waals surface area (Å²) in [6.07, 6.45) is 6.85. The topological polar surface area (TPSA) is 46.9 Å². The fraction of sp³-hybridized carbons (Fsp3) is 0.294. The van der Waals surface area contributed by atoms with Crippen LogP contribution in [0.4, 0.5) is 5.69 Å². The van der Waals surface area contributed by atoms with Gasteiger partial charge in [-0.2, -0.15) is 5.10 Å². The summed E-state index contributed by atoms with van der Waals surface area (Å²) in [4.78, 5) is 12.0. The molecule has 0 aliphatic rings. The maximum atomic E-state index is 12.0. The Labute approximate surface area is 125 Å². The zero-order chi connectivity index (χ0) is 15.5. The van der Waals surface area contributed by atoms with Gasteiger partial charge in [0.15, 0.2) is 0 Å². The van der Waals surface area contributed by atoms with E-state index in [0.717, 1.165) is 16.8 Å². The molecule has 4 nitrogen and oxygen atoms in total. The van der Waals surface area contributed by atoms with Gasteiger partial charge in [0.1, 0.15) is 0 Å². The molecule has 0 unspecified atom stereocenters. The summed E-state index contributed by atoms with van der Waals surface area (Å²) in [5.74, 6) is -0.143. The summed E-state index contributed by atoms with van der Waals surface area (Å²) in [5.41, 5.74) is 2.85. The fourth-order valence-electron chi connectivity index (χ4n) is 2.12. The van der Waals surface area contributed by atoms with Crippen LogP contribution in [0.5, 0.6) is 0 Å². The lowest BCUT2D eigenvalue weighted by Crippen LogP contribution is -2.17. The lowest BCUT2D eigenvalue weighted by molar-refractivity contribution is -0.111. The van der Waals surface area contributed by atoms with Crippen LogP contribution in [-0.4, -0.2) is 15.7 Å². The molecule has 0 aliphatic carbocycles. The van der Waals surface area contributed by atoms with Crippen molar-refractivity contribution in [3.8, 4) is 0 Å². The van der Waals surface area contributed by atoms with Gasteiger partial charge in [-0.1, -0.05) is 39.0 Å². The van der Waals surface area contributed by atoms with E-state index < -0.39 is 0 Å². The monoisotopic (exact) mass is 283 g/mol. The van der Waals surface area contributed by atoms with Gasteiger partial charge < -0.3 is 5.32 Å². The third kappa shape index (κ3) is 4.05. The van der Waals surface area contributed by atoms with E-state index in [-0.39, 0.29) is 11.3 Å². The number of anilines is 1. The van der Waals surface area contributed by atoms with Gasteiger partial charge in [-0.05, 0) is 23.1 Å². The first-order valence-corrected chi connectivity index (χ1v) is 6.93. The number of rotatable bonds is 3. The number of carbonyl (C=O) groups is 1. The van der Waals surface area contributed by atoms with Crippen molar-refractivity contribution in [2.24, 2.45) is 7.05 Å². The normalized spacial score (nSPS) is 11.8. The van der Waals surface area contributed by atoms with Crippen LogP contribution in [0.1, 0.15) is 31.9 Å². The highest BCUT2D eigenvalue weighted by Crippen LogP contribution is 2.29. The van der Waals surface area contributed by atoms with Crippen LogP contribution < -0.4 is 5.32 Å². The first kappa shape index (κ1) is 15.0. The summed E-state index contributed by atoms with van der Waals surface area (Å²) in [5, 5.41) is 7.00. The van der Waals surface area contributed by atoms with Crippen LogP contribution >= 0.6 is 0 Å². The van der Waals surface area contributed by atoms with E-state index in [2.05, 4.69) is 31.2 Å². The summed E-state index contributed by atoms with van der Waals surface area (Å²) >= 11 is 0. The molecular formula is C17H21N3O. The second-order valence-electron chi connectivity index (χ2n) is 6.07. The third-order valence-corrected chi connectivity index (χ3v) is 3.14. The van der Waals surface area contributed by atoms with Crippen molar-refractivity contribution in [1.82, 2.24) is 9.78 Å². The smallest absolute Gasteiger partial charge is 0.248 e. The van der Waals surface area contributed by atoms with Crippen LogP contribution in [-0.2, 0) is 17.3 Å². The fourth-order valence-corrected chi connectivity index (χ4v) is 2.12. The molecule has 4 heteroatoms. The predicted molar refractivity (Wildman–Crippen MR) is 86.0 cm³/mol. The molecule has 1 N–H and O–H groups in total. The van der Waals surface area contributed by atoms with Gasteiger partial charge >= 0.3 is 0 Å². The minimum Gasteiger partial charge on any atom is -0.322 e. The first-order valence-electron chi connectivity index (χ1n) is 6.93. The molecule has 21 heavy (non-hydrogen) atoms. The number of aryl methyl sites for hydroxylation is 1. The maximum absolute atomic E-state index is 12.0. The molecule has 1 aromatic heterocycles. The van der Waals surface area contributed by atoms with E-state index in [1.807, 2.05) is 37.5 Å². The number of nitrogens with one attached hydrogen (secondary N) is 1. The summed E-state index contributed by atoms with van der Waals surface area (Å²) < 4.78 is 1.70. The van der Waals surface area contributed by atoms with Crippen LogP contribution in [0.15, 0.2) is 42.7 Å². The number of carbonyl (C=O) groups excluding carboxylic acids is 1. The van der Waals surface area contributed by atoms with E-state index in [9.17, 15) is 4.79 Å². The molecule has 0 bridgehead atoms. The van der Waals surface area contributed by atoms with E-state index >= 15 is 0 Å². The van der Waals surface area contributed by atoms with Crippen LogP contribution in [0.3, 0.4) is 0 Å². The van der Waals surface area contributed by atoms with Crippen molar-refractivity contribution in [2.75, 3.05) is 5.32 Å². The molecule has 1 heterocycles. The maximum Gasteiger partial charge on any atom is 0.248 e. The molecule has 110 valence electrons. The Hall–Kier alpha value is -2.36. The molecule has 0 spiro atoms. The van der Waals surface area contributed by atoms with Crippen LogP contribution in [0, 0.1) is 0 Å². The first-order chi connectivity index (χ1) is 9.86. The van der Waals surface area contributed by atoms with Gasteiger partial charge in [0.05, 0.1) is 6.20 Å². The van der Waals surface area contributed by atoms with Crippen molar-refractivity contribution >= 4 is 17.7 Å². The van der Waals surface area contributed by atoms with Crippen molar-refractivity contribution in [3.05, 3.63) is 53.9 Å². The highest BCUT2D eigenvalue weighted by atomic mass is 16.1. The molecule has 1 amide bonds. The molecule has 0 atom stereocenters. The molecule has 0 aliphatic heterocycles. The SMILES string of the molecule is Cn1cc(/C=C\C(=O)Nc2ccccc2C(C)(C)C)cn1. The summed E-state index contributed by atoms with van der Waals surface area (Å²) in [7, 11) is 1.84. The Bertz CT molecular complexity index is 663. The number of hydrogen-bond donors (Lipinski definition) is 1. The lowest BCUT2D eigenvalue weighted by Gasteiger charge is -2.22. The van der Waals surface area contributed by atoms with Gasteiger partial charge in [-0.25, -0.2) is 0 Å². The molecule has 2 rings (SSSR count). The minimum absolute atomic E-state index is 0.0169. The highest BCUT2D eigenvalue weighted by molar-refractivity contribution is 6.02. The average molecular weight is 283 g/mol. The van der Waals surface area contributed by atoms with Crippen LogP contribution in [0.25, 0.3) is 6.08 Å². The van der Waals surface area contributed by atoms with Crippen molar-refractivity contribution in [1.29, 1.82) is 0 Å². The summed E-state index contributed by atoms with van der Waals surface area (Å²) in [6, 6.07) is 7.88. The van der Waals surface area contributed by atoms with Gasteiger partial charge in [0, 0.05) is 30.6 Å². The summed E-state index contributed by atoms with van der Waals surface area (Å²) in [6.45, 7) is 6.39. The van der Waals surface area contributed by atoms with Gasteiger partial charge in [-0.3, -0.25) is 9.48 Å². The molecular weight excluding hydrogens is 262 g/mol. The number of benzene rings is 1. The number of para-hydroxylation sites is 1. The number of nitrogens with zero attached hydrogens (tertiary/aromatic N) is 2. The predicted octanol–water partition coefficient (Wildman–Crippen LogP) is 3.37. The Kier molecular flexibility index (Phi) is 4.26. The minimum atomic E-state index is -0.143. The largest absolute Gasteiger partial charge is 0.322 e. The number of hydrogen-bond acceptors (Lipinski definition) is 2. The third-order valence-electron chi connectivity index (χ3n) is 3.14. The zero-order valence-corrected chi connectivity index (χ0v) is 12.9. The standard InChI is InChI=1S/C17H21N3O/c1-17(2,3)14-7-5-6-8-15(14)19-16(21)10-9-13-11-18-20(4)12-13/h5-12H,1-4H3,(H,19,21)/b10-9-. The molecule has 0 fully saturated rings. The van der Waals surface area contributed by atoms with E-state index in [1.165, 1.54) is 6.08 Å². The van der Waals surface area contributed by atoms with Crippen molar-refractivity contribution in [2.45, 2.75) is 26.2 Å². The molecule has 0 saturated carbocycles. The van der Waals surface area contributed by atoms with Gasteiger partial charge in [-0.15, -0.1) is 0 Å². The van der Waals surface area contributed by atoms with E-state index in [0.29, 0.717) is 0 Å². The molecule has 0 saturated heterocycles. The number of aromatic nitrogens is 2. The average Bonchev–Trinajstić information content (AvgIpc) is 2.82. The quantitative estimate of drug-likeness (QED) is 0.878. The van der Waals surface area contributed by atoms with Gasteiger partial charge in [0.2, 0.25) is 5.91 Å². The second kappa shape index (κ2) is 5.95. The Morgan fingerprint density at radius 2 is 2.00 bits per heavy atom. The molecule has 1 aromatic carbocycles. The molecule has 2 aromatic rings. The lowest BCUT2D eigenvalue weighted by atomic mass is 9.86.